The number of para-hydroxylation sites is 1. The summed E-state index contributed by atoms with van der Waals surface area (Å²) < 4.78 is 0. The highest BCUT2D eigenvalue weighted by molar-refractivity contribution is 8.15. The number of thioether (sulfide) groups is 1. The van der Waals surface area contributed by atoms with Crippen molar-refractivity contribution in [2.45, 2.75) is 38.4 Å². The molecule has 0 unspecified atom stereocenters. The van der Waals surface area contributed by atoms with Crippen molar-refractivity contribution in [2.24, 2.45) is 4.99 Å². The second-order valence-electron chi connectivity index (χ2n) is 6.95. The molecule has 1 saturated heterocycles. The fraction of sp³-hybridized carbons (Fsp3) is 0.318. The molecule has 2 aromatic carbocycles. The van der Waals surface area contributed by atoms with Crippen LogP contribution in [-0.4, -0.2) is 33.7 Å². The van der Waals surface area contributed by atoms with E-state index < -0.39 is 5.25 Å². The maximum absolute atomic E-state index is 12.7. The summed E-state index contributed by atoms with van der Waals surface area (Å²) in [5.74, 6) is 0.229. The first kappa shape index (κ1) is 20.1. The van der Waals surface area contributed by atoms with E-state index in [1.165, 1.54) is 17.3 Å². The molecule has 0 aromatic heterocycles. The molecule has 1 heterocycles. The molecule has 1 N–H and O–H groups in total. The summed E-state index contributed by atoms with van der Waals surface area (Å²) in [5, 5.41) is 3.05. The van der Waals surface area contributed by atoms with E-state index in [1.54, 1.807) is 4.90 Å². The SMILES string of the molecule is CCN1C(=O)[C@H](CC(=O)Nc2ccccc2)SC1=Nc1ccc(C(C)C)cc1. The summed E-state index contributed by atoms with van der Waals surface area (Å²) in [7, 11) is 0. The number of amides is 2. The highest BCUT2D eigenvalue weighted by Gasteiger charge is 2.38. The number of amidine groups is 1. The van der Waals surface area contributed by atoms with Gasteiger partial charge in [-0.1, -0.05) is 55.9 Å². The van der Waals surface area contributed by atoms with Crippen LogP contribution in [0, 0.1) is 0 Å². The number of anilines is 1. The topological polar surface area (TPSA) is 61.8 Å². The van der Waals surface area contributed by atoms with Gasteiger partial charge in [0.2, 0.25) is 11.8 Å². The number of aliphatic imine (C=N–C) groups is 1. The maximum atomic E-state index is 12.7. The van der Waals surface area contributed by atoms with Crippen LogP contribution in [0.2, 0.25) is 0 Å². The Hall–Kier alpha value is -2.60. The normalized spacial score (nSPS) is 18.1. The maximum Gasteiger partial charge on any atom is 0.242 e. The molecule has 1 aliphatic rings. The molecule has 146 valence electrons. The second-order valence-corrected chi connectivity index (χ2v) is 8.12. The van der Waals surface area contributed by atoms with E-state index in [2.05, 4.69) is 36.3 Å². The largest absolute Gasteiger partial charge is 0.326 e. The van der Waals surface area contributed by atoms with Crippen LogP contribution in [0.4, 0.5) is 11.4 Å². The Balaban J connectivity index is 1.70. The van der Waals surface area contributed by atoms with E-state index in [1.807, 2.05) is 49.4 Å². The van der Waals surface area contributed by atoms with Gasteiger partial charge in [-0.3, -0.25) is 14.5 Å². The minimum absolute atomic E-state index is 0.0618. The molecule has 1 atom stereocenters. The van der Waals surface area contributed by atoms with E-state index in [0.29, 0.717) is 17.6 Å². The highest BCUT2D eigenvalue weighted by Crippen LogP contribution is 2.32. The zero-order valence-electron chi connectivity index (χ0n) is 16.4. The van der Waals surface area contributed by atoms with Crippen molar-refractivity contribution in [1.29, 1.82) is 0 Å². The molecule has 2 aromatic rings. The monoisotopic (exact) mass is 395 g/mol. The third kappa shape index (κ3) is 4.81. The lowest BCUT2D eigenvalue weighted by Crippen LogP contribution is -2.33. The Morgan fingerprint density at radius 3 is 2.43 bits per heavy atom. The van der Waals surface area contributed by atoms with Crippen LogP contribution in [0.5, 0.6) is 0 Å². The van der Waals surface area contributed by atoms with Crippen LogP contribution in [-0.2, 0) is 9.59 Å². The number of carbonyl (C=O) groups excluding carboxylic acids is 2. The van der Waals surface area contributed by atoms with Crippen LogP contribution in [0.25, 0.3) is 0 Å². The van der Waals surface area contributed by atoms with Gasteiger partial charge >= 0.3 is 0 Å². The van der Waals surface area contributed by atoms with Crippen molar-refractivity contribution in [2.75, 3.05) is 11.9 Å². The lowest BCUT2D eigenvalue weighted by atomic mass is 10.0. The number of hydrogen-bond acceptors (Lipinski definition) is 4. The van der Waals surface area contributed by atoms with E-state index in [4.69, 9.17) is 0 Å². The number of rotatable bonds is 6. The van der Waals surface area contributed by atoms with Gasteiger partial charge in [0.15, 0.2) is 5.17 Å². The summed E-state index contributed by atoms with van der Waals surface area (Å²) in [5.41, 5.74) is 2.80. The molecule has 28 heavy (non-hydrogen) atoms. The molecular formula is C22H25N3O2S. The van der Waals surface area contributed by atoms with Crippen molar-refractivity contribution in [3.05, 3.63) is 60.2 Å². The number of nitrogens with zero attached hydrogens (tertiary/aromatic N) is 2. The molecule has 1 aliphatic heterocycles. The van der Waals surface area contributed by atoms with Crippen molar-refractivity contribution in [3.8, 4) is 0 Å². The van der Waals surface area contributed by atoms with Gasteiger partial charge in [-0.25, -0.2) is 4.99 Å². The first-order chi connectivity index (χ1) is 13.5. The van der Waals surface area contributed by atoms with Crippen LogP contribution in [0.15, 0.2) is 59.6 Å². The van der Waals surface area contributed by atoms with Gasteiger partial charge in [-0.05, 0) is 42.7 Å². The van der Waals surface area contributed by atoms with E-state index >= 15 is 0 Å². The Bertz CT molecular complexity index is 863. The third-order valence-corrected chi connectivity index (χ3v) is 5.72. The van der Waals surface area contributed by atoms with Gasteiger partial charge in [0.05, 0.1) is 5.69 Å². The summed E-state index contributed by atoms with van der Waals surface area (Å²) in [6.07, 6.45) is 0.125. The molecule has 6 heteroatoms. The average molecular weight is 396 g/mol. The predicted molar refractivity (Wildman–Crippen MR) is 116 cm³/mol. The molecule has 1 fully saturated rings. The zero-order valence-corrected chi connectivity index (χ0v) is 17.2. The lowest BCUT2D eigenvalue weighted by Gasteiger charge is -2.13. The number of benzene rings is 2. The Morgan fingerprint density at radius 1 is 1.14 bits per heavy atom. The van der Waals surface area contributed by atoms with Gasteiger partial charge in [0.25, 0.3) is 0 Å². The van der Waals surface area contributed by atoms with Gasteiger partial charge in [0.1, 0.15) is 5.25 Å². The van der Waals surface area contributed by atoms with Gasteiger partial charge in [-0.15, -0.1) is 0 Å². The Labute approximate surface area is 170 Å². The van der Waals surface area contributed by atoms with Crippen molar-refractivity contribution in [1.82, 2.24) is 4.90 Å². The van der Waals surface area contributed by atoms with E-state index in [0.717, 1.165) is 11.4 Å². The summed E-state index contributed by atoms with van der Waals surface area (Å²) in [6.45, 7) is 6.75. The molecule has 2 amide bonds. The van der Waals surface area contributed by atoms with E-state index in [9.17, 15) is 9.59 Å². The molecule has 3 rings (SSSR count). The second kappa shape index (κ2) is 9.06. The molecule has 0 aliphatic carbocycles. The molecule has 0 spiro atoms. The average Bonchev–Trinajstić information content (AvgIpc) is 2.97. The smallest absolute Gasteiger partial charge is 0.242 e. The predicted octanol–water partition coefficient (Wildman–Crippen LogP) is 4.79. The van der Waals surface area contributed by atoms with Gasteiger partial charge in [0, 0.05) is 18.7 Å². The van der Waals surface area contributed by atoms with E-state index in [-0.39, 0.29) is 18.2 Å². The standard InChI is InChI=1S/C22H25N3O2S/c1-4-25-21(27)19(14-20(26)23-17-8-6-5-7-9-17)28-22(25)24-18-12-10-16(11-13-18)15(2)3/h5-13,15,19H,4,14H2,1-3H3,(H,23,26)/t19-/m0/s1. The Kier molecular flexibility index (Phi) is 6.52. The number of hydrogen-bond donors (Lipinski definition) is 1. The van der Waals surface area contributed by atoms with Crippen molar-refractivity contribution < 1.29 is 9.59 Å². The summed E-state index contributed by atoms with van der Waals surface area (Å²) in [4.78, 5) is 31.4. The van der Waals surface area contributed by atoms with Crippen LogP contribution in [0.3, 0.4) is 0 Å². The van der Waals surface area contributed by atoms with Crippen molar-refractivity contribution in [3.63, 3.8) is 0 Å². The molecule has 0 saturated carbocycles. The fourth-order valence-corrected chi connectivity index (χ4v) is 4.18. The molecular weight excluding hydrogens is 370 g/mol. The zero-order chi connectivity index (χ0) is 20.1. The molecule has 0 bridgehead atoms. The lowest BCUT2D eigenvalue weighted by molar-refractivity contribution is -0.128. The molecule has 5 nitrogen and oxygen atoms in total. The number of nitrogens with one attached hydrogen (secondary N) is 1. The Morgan fingerprint density at radius 2 is 1.82 bits per heavy atom. The molecule has 0 radical (unpaired) electrons. The van der Waals surface area contributed by atoms with Crippen LogP contribution < -0.4 is 5.32 Å². The fourth-order valence-electron chi connectivity index (χ4n) is 2.96. The van der Waals surface area contributed by atoms with Gasteiger partial charge in [-0.2, -0.15) is 0 Å². The minimum Gasteiger partial charge on any atom is -0.326 e. The third-order valence-electron chi connectivity index (χ3n) is 4.55. The first-order valence-electron chi connectivity index (χ1n) is 9.49. The van der Waals surface area contributed by atoms with Crippen LogP contribution in [0.1, 0.15) is 38.7 Å². The quantitative estimate of drug-likeness (QED) is 0.765. The van der Waals surface area contributed by atoms with Crippen LogP contribution >= 0.6 is 11.8 Å². The first-order valence-corrected chi connectivity index (χ1v) is 10.4. The van der Waals surface area contributed by atoms with Crippen molar-refractivity contribution >= 4 is 40.1 Å². The minimum atomic E-state index is -0.447. The summed E-state index contributed by atoms with van der Waals surface area (Å²) >= 11 is 1.36. The number of carbonyl (C=O) groups is 2. The highest BCUT2D eigenvalue weighted by atomic mass is 32.2. The van der Waals surface area contributed by atoms with Gasteiger partial charge < -0.3 is 5.32 Å². The summed E-state index contributed by atoms with van der Waals surface area (Å²) in [6, 6.07) is 17.3.